The van der Waals surface area contributed by atoms with Crippen LogP contribution in [0.3, 0.4) is 0 Å². The lowest BCUT2D eigenvalue weighted by Gasteiger charge is -2.43. The van der Waals surface area contributed by atoms with Crippen molar-refractivity contribution in [2.75, 3.05) is 0 Å². The molecule has 1 nitrogen and oxygen atoms in total. The fraction of sp³-hybridized carbons (Fsp3) is 0.867. The average molecular weight is 222 g/mol. The summed E-state index contributed by atoms with van der Waals surface area (Å²) in [6.45, 7) is 9.18. The maximum absolute atomic E-state index is 6.34. The van der Waals surface area contributed by atoms with E-state index in [9.17, 15) is 0 Å². The molecule has 2 rings (SSSR count). The molecule has 0 N–H and O–H groups in total. The predicted molar refractivity (Wildman–Crippen MR) is 68.4 cm³/mol. The third-order valence-corrected chi connectivity index (χ3v) is 4.17. The van der Waals surface area contributed by atoms with Gasteiger partial charge in [0.25, 0.3) is 0 Å². The van der Waals surface area contributed by atoms with E-state index in [1.54, 1.807) is 5.57 Å². The molecule has 1 saturated heterocycles. The molecule has 0 aromatic heterocycles. The number of rotatable bonds is 2. The van der Waals surface area contributed by atoms with E-state index in [4.69, 9.17) is 4.74 Å². The summed E-state index contributed by atoms with van der Waals surface area (Å²) < 4.78 is 6.34. The van der Waals surface area contributed by atoms with Crippen LogP contribution in [0, 0.1) is 17.8 Å². The highest BCUT2D eigenvalue weighted by Gasteiger charge is 2.37. The van der Waals surface area contributed by atoms with Crippen LogP contribution in [0.15, 0.2) is 11.6 Å². The van der Waals surface area contributed by atoms with E-state index in [0.717, 1.165) is 5.92 Å². The van der Waals surface area contributed by atoms with Gasteiger partial charge >= 0.3 is 0 Å². The van der Waals surface area contributed by atoms with Crippen molar-refractivity contribution in [2.24, 2.45) is 17.8 Å². The first-order valence-corrected chi connectivity index (χ1v) is 6.94. The molecular formula is C15H26O. The Balaban J connectivity index is 2.17. The monoisotopic (exact) mass is 222 g/mol. The summed E-state index contributed by atoms with van der Waals surface area (Å²) >= 11 is 0. The molecule has 1 heterocycles. The van der Waals surface area contributed by atoms with Crippen LogP contribution in [0.2, 0.25) is 0 Å². The van der Waals surface area contributed by atoms with E-state index in [-0.39, 0.29) is 0 Å². The van der Waals surface area contributed by atoms with Gasteiger partial charge in [-0.2, -0.15) is 0 Å². The molecule has 1 fully saturated rings. The molecule has 0 aromatic carbocycles. The molecule has 16 heavy (non-hydrogen) atoms. The lowest BCUT2D eigenvalue weighted by atomic mass is 9.74. The minimum atomic E-state index is 0.452. The molecule has 0 amide bonds. The van der Waals surface area contributed by atoms with E-state index in [1.165, 1.54) is 25.7 Å². The maximum Gasteiger partial charge on any atom is 0.0667 e. The Morgan fingerprint density at radius 2 is 1.94 bits per heavy atom. The third kappa shape index (κ3) is 2.34. The lowest BCUT2D eigenvalue weighted by molar-refractivity contribution is -0.102. The summed E-state index contributed by atoms with van der Waals surface area (Å²) in [5.74, 6) is 2.02. The first kappa shape index (κ1) is 12.2. The van der Waals surface area contributed by atoms with Crippen LogP contribution in [0.4, 0.5) is 0 Å². The van der Waals surface area contributed by atoms with Crippen LogP contribution < -0.4 is 0 Å². The van der Waals surface area contributed by atoms with Gasteiger partial charge in [-0.05, 0) is 37.5 Å². The Morgan fingerprint density at radius 3 is 2.56 bits per heavy atom. The average Bonchev–Trinajstić information content (AvgIpc) is 2.27. The number of hydrogen-bond donors (Lipinski definition) is 0. The van der Waals surface area contributed by atoms with Crippen molar-refractivity contribution in [3.63, 3.8) is 0 Å². The van der Waals surface area contributed by atoms with Gasteiger partial charge in [0.2, 0.25) is 0 Å². The molecule has 0 unspecified atom stereocenters. The first-order valence-electron chi connectivity index (χ1n) is 6.94. The van der Waals surface area contributed by atoms with E-state index in [0.29, 0.717) is 24.0 Å². The van der Waals surface area contributed by atoms with Crippen molar-refractivity contribution in [1.82, 2.24) is 0 Å². The summed E-state index contributed by atoms with van der Waals surface area (Å²) in [6, 6.07) is 0. The molecule has 0 aromatic rings. The molecule has 1 aliphatic carbocycles. The molecular weight excluding hydrogens is 196 g/mol. The fourth-order valence-electron chi connectivity index (χ4n) is 3.16. The smallest absolute Gasteiger partial charge is 0.0667 e. The summed E-state index contributed by atoms with van der Waals surface area (Å²) in [5, 5.41) is 0. The highest BCUT2D eigenvalue weighted by atomic mass is 16.5. The van der Waals surface area contributed by atoms with Gasteiger partial charge in [-0.25, -0.2) is 0 Å². The van der Waals surface area contributed by atoms with Crippen molar-refractivity contribution >= 4 is 0 Å². The van der Waals surface area contributed by atoms with Crippen LogP contribution in [-0.2, 0) is 4.74 Å². The lowest BCUT2D eigenvalue weighted by Crippen LogP contribution is -2.42. The summed E-state index contributed by atoms with van der Waals surface area (Å²) in [6.07, 6.45) is 8.60. The molecule has 0 spiro atoms. The van der Waals surface area contributed by atoms with Crippen molar-refractivity contribution in [3.05, 3.63) is 11.6 Å². The Hall–Kier alpha value is -0.300. The first-order chi connectivity index (χ1) is 7.59. The molecule has 0 saturated carbocycles. The van der Waals surface area contributed by atoms with E-state index < -0.39 is 0 Å². The number of ether oxygens (including phenoxy) is 1. The van der Waals surface area contributed by atoms with Crippen molar-refractivity contribution in [1.29, 1.82) is 0 Å². The normalized spacial score (nSPS) is 35.1. The molecule has 92 valence electrons. The maximum atomic E-state index is 6.34. The number of hydrogen-bond acceptors (Lipinski definition) is 1. The van der Waals surface area contributed by atoms with E-state index in [2.05, 4.69) is 33.8 Å². The molecule has 1 aliphatic heterocycles. The quantitative estimate of drug-likeness (QED) is 0.637. The summed E-state index contributed by atoms with van der Waals surface area (Å²) in [5.41, 5.74) is 1.70. The van der Waals surface area contributed by atoms with Gasteiger partial charge in [0.05, 0.1) is 12.2 Å². The third-order valence-electron chi connectivity index (χ3n) is 4.17. The van der Waals surface area contributed by atoms with Gasteiger partial charge < -0.3 is 4.74 Å². The zero-order chi connectivity index (χ0) is 11.7. The zero-order valence-corrected chi connectivity index (χ0v) is 11.2. The van der Waals surface area contributed by atoms with Crippen LogP contribution in [0.25, 0.3) is 0 Å². The standard InChI is InChI=1S/C15H26O/c1-10(2)14-9-12-7-5-6-8-13(12)15(16-14)11(3)4/h7,10-11,13-15H,5-6,8-9H2,1-4H3/t13-,14+,15+/m1/s1. The van der Waals surface area contributed by atoms with Gasteiger partial charge in [-0.1, -0.05) is 39.3 Å². The second kappa shape index (κ2) is 4.91. The van der Waals surface area contributed by atoms with Crippen molar-refractivity contribution in [3.8, 4) is 0 Å². The van der Waals surface area contributed by atoms with Gasteiger partial charge in [0.15, 0.2) is 0 Å². The zero-order valence-electron chi connectivity index (χ0n) is 11.2. The van der Waals surface area contributed by atoms with Gasteiger partial charge in [0, 0.05) is 5.92 Å². The van der Waals surface area contributed by atoms with Crippen LogP contribution in [-0.4, -0.2) is 12.2 Å². The number of fused-ring (bicyclic) bond motifs is 1. The molecule has 3 atom stereocenters. The largest absolute Gasteiger partial charge is 0.374 e. The van der Waals surface area contributed by atoms with Crippen molar-refractivity contribution < 1.29 is 4.74 Å². The Kier molecular flexibility index (Phi) is 3.73. The van der Waals surface area contributed by atoms with Crippen LogP contribution in [0.5, 0.6) is 0 Å². The predicted octanol–water partition coefficient (Wildman–Crippen LogP) is 4.18. The van der Waals surface area contributed by atoms with Crippen molar-refractivity contribution in [2.45, 2.75) is 65.6 Å². The second-order valence-electron chi connectivity index (χ2n) is 6.15. The highest BCUT2D eigenvalue weighted by Crippen LogP contribution is 2.41. The molecule has 2 aliphatic rings. The Morgan fingerprint density at radius 1 is 1.19 bits per heavy atom. The van der Waals surface area contributed by atoms with E-state index in [1.807, 2.05) is 0 Å². The molecule has 0 radical (unpaired) electrons. The SMILES string of the molecule is CC(C)[C@@H]1CC2=CCCC[C@H]2[C@H](C(C)C)O1. The summed E-state index contributed by atoms with van der Waals surface area (Å²) in [7, 11) is 0. The second-order valence-corrected chi connectivity index (χ2v) is 6.15. The van der Waals surface area contributed by atoms with Gasteiger partial charge in [-0.15, -0.1) is 0 Å². The molecule has 1 heteroatoms. The topological polar surface area (TPSA) is 9.23 Å². The van der Waals surface area contributed by atoms with E-state index >= 15 is 0 Å². The minimum absolute atomic E-state index is 0.452. The minimum Gasteiger partial charge on any atom is -0.374 e. The number of allylic oxidation sites excluding steroid dienone is 1. The highest BCUT2D eigenvalue weighted by molar-refractivity contribution is 5.16. The van der Waals surface area contributed by atoms with Crippen LogP contribution in [0.1, 0.15) is 53.4 Å². The Labute approximate surface area is 100 Å². The van der Waals surface area contributed by atoms with Crippen LogP contribution >= 0.6 is 0 Å². The Bertz CT molecular complexity index is 265. The summed E-state index contributed by atoms with van der Waals surface area (Å²) in [4.78, 5) is 0. The molecule has 0 bridgehead atoms. The van der Waals surface area contributed by atoms with Gasteiger partial charge in [-0.3, -0.25) is 0 Å². The fourth-order valence-corrected chi connectivity index (χ4v) is 3.16. The van der Waals surface area contributed by atoms with Gasteiger partial charge in [0.1, 0.15) is 0 Å².